The van der Waals surface area contributed by atoms with Gasteiger partial charge in [-0.15, -0.1) is 0 Å². The summed E-state index contributed by atoms with van der Waals surface area (Å²) in [5.74, 6) is -1.21. The lowest BCUT2D eigenvalue weighted by molar-refractivity contribution is -0.137. The number of aliphatic carboxylic acids is 1. The van der Waals surface area contributed by atoms with Gasteiger partial charge in [-0.2, -0.15) is 0 Å². The summed E-state index contributed by atoms with van der Waals surface area (Å²) >= 11 is 0. The van der Waals surface area contributed by atoms with Gasteiger partial charge in [0.15, 0.2) is 17.3 Å². The number of carbonyl (C=O) groups is 3. The monoisotopic (exact) mass is 607 g/mol. The van der Waals surface area contributed by atoms with Gasteiger partial charge in [-0.3, -0.25) is 9.59 Å². The number of ether oxygens (including phenoxy) is 3. The lowest BCUT2D eigenvalue weighted by atomic mass is 10.0. The van der Waals surface area contributed by atoms with E-state index in [-0.39, 0.29) is 5.84 Å². The number of carboxylic acids is 1. The summed E-state index contributed by atoms with van der Waals surface area (Å²) in [6.45, 7) is 5.26. The normalized spacial score (nSPS) is 12.8. The fourth-order valence-electron chi connectivity index (χ4n) is 4.00. The number of hydrogen-bond donors (Lipinski definition) is 6. The van der Waals surface area contributed by atoms with Crippen LogP contribution in [0, 0.1) is 0 Å². The van der Waals surface area contributed by atoms with E-state index in [1.165, 1.54) is 7.11 Å². The number of anilines is 1. The Hall–Kier alpha value is -5.46. The standard InChI is InChI=1S/C31H37N5O8/c1-31(2,3)44-30(40)35-25(17-26(37)38)34-29(39)27(33-22-13-10-20(11-14-22)28(32)36-41)21-12-15-23(24(16-21)42-4)43-18-19-8-6-5-7-9-19/h5-16,25,27,33,41H,17-18H2,1-4H3,(H2,32,36)(H,34,39)(H,35,40)(H,37,38)/t25-,27+/m1/s1. The van der Waals surface area contributed by atoms with Gasteiger partial charge in [0.2, 0.25) is 5.91 Å². The van der Waals surface area contributed by atoms with E-state index in [1.54, 1.807) is 63.2 Å². The molecule has 13 heteroatoms. The predicted molar refractivity (Wildman–Crippen MR) is 163 cm³/mol. The molecule has 0 saturated heterocycles. The van der Waals surface area contributed by atoms with E-state index in [9.17, 15) is 19.5 Å². The first-order chi connectivity index (χ1) is 20.9. The fraction of sp³-hybridized carbons (Fsp3) is 0.290. The molecule has 0 unspecified atom stereocenters. The van der Waals surface area contributed by atoms with E-state index in [0.717, 1.165) is 5.56 Å². The highest BCUT2D eigenvalue weighted by molar-refractivity contribution is 5.97. The van der Waals surface area contributed by atoms with E-state index in [1.807, 2.05) is 30.3 Å². The number of oxime groups is 1. The summed E-state index contributed by atoms with van der Waals surface area (Å²) in [7, 11) is 1.47. The van der Waals surface area contributed by atoms with Gasteiger partial charge < -0.3 is 46.2 Å². The Labute approximate surface area is 255 Å². The summed E-state index contributed by atoms with van der Waals surface area (Å²) in [5.41, 5.74) is 7.15. The molecule has 0 spiro atoms. The first kappa shape index (κ1) is 33.0. The first-order valence-corrected chi connectivity index (χ1v) is 13.6. The number of nitrogens with one attached hydrogen (secondary N) is 3. The van der Waals surface area contributed by atoms with Gasteiger partial charge in [-0.1, -0.05) is 41.6 Å². The number of carboxylic acid groups (broad SMARTS) is 1. The van der Waals surface area contributed by atoms with Gasteiger partial charge in [-0.05, 0) is 68.3 Å². The molecular weight excluding hydrogens is 570 g/mol. The smallest absolute Gasteiger partial charge is 0.409 e. The summed E-state index contributed by atoms with van der Waals surface area (Å²) < 4.78 is 16.7. The van der Waals surface area contributed by atoms with Crippen LogP contribution in [0.3, 0.4) is 0 Å². The Bertz CT molecular complexity index is 1460. The van der Waals surface area contributed by atoms with Crippen molar-refractivity contribution in [2.75, 3.05) is 12.4 Å². The SMILES string of the molecule is COc1cc([C@H](Nc2ccc(/C(N)=N/O)cc2)C(=O)N[C@@H](CC(=O)O)NC(=O)OC(C)(C)C)ccc1OCc1ccccc1. The zero-order valence-electron chi connectivity index (χ0n) is 24.9. The van der Waals surface area contributed by atoms with Crippen LogP contribution in [-0.4, -0.2) is 53.0 Å². The molecule has 0 aromatic heterocycles. The first-order valence-electron chi connectivity index (χ1n) is 13.6. The van der Waals surface area contributed by atoms with Crippen LogP contribution in [0.4, 0.5) is 10.5 Å². The highest BCUT2D eigenvalue weighted by Gasteiger charge is 2.28. The summed E-state index contributed by atoms with van der Waals surface area (Å²) in [4.78, 5) is 37.7. The quantitative estimate of drug-likeness (QED) is 0.0544. The number of rotatable bonds is 13. The highest BCUT2D eigenvalue weighted by Crippen LogP contribution is 2.32. The van der Waals surface area contributed by atoms with Crippen molar-refractivity contribution in [3.63, 3.8) is 0 Å². The maximum absolute atomic E-state index is 13.7. The van der Waals surface area contributed by atoms with Crippen LogP contribution >= 0.6 is 0 Å². The molecule has 2 amide bonds. The summed E-state index contributed by atoms with van der Waals surface area (Å²) in [6, 6.07) is 19.8. The van der Waals surface area contributed by atoms with Gasteiger partial charge in [-0.25, -0.2) is 4.79 Å². The predicted octanol–water partition coefficient (Wildman–Crippen LogP) is 3.96. The van der Waals surface area contributed by atoms with Crippen LogP contribution in [-0.2, 0) is 20.9 Å². The zero-order valence-corrected chi connectivity index (χ0v) is 24.9. The van der Waals surface area contributed by atoms with Gasteiger partial charge in [0.05, 0.1) is 13.5 Å². The molecule has 2 atom stereocenters. The van der Waals surface area contributed by atoms with Crippen molar-refractivity contribution in [3.8, 4) is 11.5 Å². The Morgan fingerprint density at radius 3 is 2.23 bits per heavy atom. The molecule has 44 heavy (non-hydrogen) atoms. The number of methoxy groups -OCH3 is 1. The highest BCUT2D eigenvalue weighted by atomic mass is 16.6. The molecule has 0 bridgehead atoms. The van der Waals surface area contributed by atoms with Gasteiger partial charge in [0.1, 0.15) is 24.4 Å². The number of carbonyl (C=O) groups excluding carboxylic acids is 2. The lowest BCUT2D eigenvalue weighted by Gasteiger charge is -2.26. The number of nitrogens with zero attached hydrogens (tertiary/aromatic N) is 1. The van der Waals surface area contributed by atoms with E-state index in [0.29, 0.717) is 34.9 Å². The average molecular weight is 608 g/mol. The van der Waals surface area contributed by atoms with Crippen LogP contribution in [0.5, 0.6) is 11.5 Å². The van der Waals surface area contributed by atoms with E-state index in [2.05, 4.69) is 21.1 Å². The van der Waals surface area contributed by atoms with Gasteiger partial charge >= 0.3 is 12.1 Å². The zero-order chi connectivity index (χ0) is 32.3. The second kappa shape index (κ2) is 15.1. The molecule has 234 valence electrons. The van der Waals surface area contributed by atoms with E-state index >= 15 is 0 Å². The van der Waals surface area contributed by atoms with E-state index in [4.69, 9.17) is 25.2 Å². The maximum Gasteiger partial charge on any atom is 0.409 e. The number of hydrogen-bond acceptors (Lipinski definition) is 9. The van der Waals surface area contributed by atoms with Gasteiger partial charge in [0.25, 0.3) is 0 Å². The van der Waals surface area contributed by atoms with Crippen LogP contribution in [0.1, 0.15) is 49.9 Å². The minimum Gasteiger partial charge on any atom is -0.493 e. The van der Waals surface area contributed by atoms with Crippen molar-refractivity contribution in [2.24, 2.45) is 10.9 Å². The fourth-order valence-corrected chi connectivity index (χ4v) is 4.00. The third kappa shape index (κ3) is 10.1. The molecule has 0 aliphatic rings. The van der Waals surface area contributed by atoms with Crippen molar-refractivity contribution >= 4 is 29.5 Å². The van der Waals surface area contributed by atoms with Crippen LogP contribution in [0.2, 0.25) is 0 Å². The van der Waals surface area contributed by atoms with Crippen molar-refractivity contribution in [1.82, 2.24) is 10.6 Å². The van der Waals surface area contributed by atoms with Crippen LogP contribution < -0.4 is 31.2 Å². The Morgan fingerprint density at radius 2 is 1.64 bits per heavy atom. The second-order valence-corrected chi connectivity index (χ2v) is 10.6. The maximum atomic E-state index is 13.7. The minimum absolute atomic E-state index is 0.0913. The number of nitrogens with two attached hydrogens (primary N) is 1. The van der Waals surface area contributed by atoms with Crippen molar-refractivity contribution in [1.29, 1.82) is 0 Å². The average Bonchev–Trinajstić information content (AvgIpc) is 2.97. The largest absolute Gasteiger partial charge is 0.493 e. The molecule has 0 aliphatic heterocycles. The van der Waals surface area contributed by atoms with Gasteiger partial charge in [0, 0.05) is 11.3 Å². The molecule has 0 heterocycles. The number of amides is 2. The molecule has 3 rings (SSSR count). The lowest BCUT2D eigenvalue weighted by Crippen LogP contribution is -2.52. The Kier molecular flexibility index (Phi) is 11.4. The van der Waals surface area contributed by atoms with Crippen molar-refractivity contribution in [2.45, 2.75) is 51.6 Å². The van der Waals surface area contributed by atoms with E-state index < -0.39 is 42.2 Å². The molecule has 3 aromatic rings. The van der Waals surface area contributed by atoms with Crippen LogP contribution in [0.25, 0.3) is 0 Å². The van der Waals surface area contributed by atoms with Crippen LogP contribution in [0.15, 0.2) is 78.0 Å². The summed E-state index contributed by atoms with van der Waals surface area (Å²) in [5, 5.41) is 29.5. The minimum atomic E-state index is -1.29. The molecule has 0 saturated carbocycles. The molecule has 0 fully saturated rings. The molecule has 0 aliphatic carbocycles. The molecule has 3 aromatic carbocycles. The molecular formula is C31H37N5O8. The number of benzene rings is 3. The number of alkyl carbamates (subject to hydrolysis) is 1. The topological polar surface area (TPSA) is 194 Å². The third-order valence-electron chi connectivity index (χ3n) is 6.01. The molecule has 7 N–H and O–H groups in total. The third-order valence-corrected chi connectivity index (χ3v) is 6.01. The Morgan fingerprint density at radius 1 is 0.955 bits per heavy atom. The second-order valence-electron chi connectivity index (χ2n) is 10.6. The molecule has 0 radical (unpaired) electrons. The summed E-state index contributed by atoms with van der Waals surface area (Å²) in [6.07, 6.45) is -2.80. The Balaban J connectivity index is 1.92. The van der Waals surface area contributed by atoms with Crippen molar-refractivity contribution in [3.05, 3.63) is 89.5 Å². The molecule has 13 nitrogen and oxygen atoms in total. The number of amidine groups is 1. The van der Waals surface area contributed by atoms with Crippen molar-refractivity contribution < 1.29 is 38.9 Å².